The molecule has 4 aromatic heterocycles. The van der Waals surface area contributed by atoms with E-state index in [2.05, 4.69) is 15.4 Å². The quantitative estimate of drug-likeness (QED) is 0.412. The van der Waals surface area contributed by atoms with E-state index >= 15 is 0 Å². The van der Waals surface area contributed by atoms with Crippen LogP contribution in [0, 0.1) is 0 Å². The molecule has 1 aliphatic rings. The third-order valence-electron chi connectivity index (χ3n) is 5.71. The smallest absolute Gasteiger partial charge is 0.252 e. The zero-order valence-electron chi connectivity index (χ0n) is 18.7. The Balaban J connectivity index is 1.38. The Kier molecular flexibility index (Phi) is 4.95. The van der Waals surface area contributed by atoms with Crippen molar-refractivity contribution in [2.24, 2.45) is 0 Å². The van der Waals surface area contributed by atoms with Gasteiger partial charge in [0.15, 0.2) is 22.1 Å². The van der Waals surface area contributed by atoms with Crippen LogP contribution >= 0.6 is 11.3 Å². The molecular formula is C24H22N6O3S. The SMILES string of the molecule is CC(C)n1ncc2c(C(=O)NCc3cn4ccsc4n3)cc(-c3ccc4c(c3)OCCO4)nc21. The second-order valence-corrected chi connectivity index (χ2v) is 9.21. The molecule has 1 aromatic carbocycles. The van der Waals surface area contributed by atoms with Gasteiger partial charge in [0, 0.05) is 29.4 Å². The molecular weight excluding hydrogens is 452 g/mol. The van der Waals surface area contributed by atoms with E-state index in [0.717, 1.165) is 16.2 Å². The topological polar surface area (TPSA) is 95.6 Å². The van der Waals surface area contributed by atoms with Gasteiger partial charge in [-0.2, -0.15) is 5.10 Å². The number of thiazole rings is 1. The predicted octanol–water partition coefficient (Wildman–Crippen LogP) is 4.09. The number of benzene rings is 1. The molecule has 0 unspecified atom stereocenters. The van der Waals surface area contributed by atoms with Gasteiger partial charge >= 0.3 is 0 Å². The molecule has 1 aliphatic heterocycles. The highest BCUT2D eigenvalue weighted by atomic mass is 32.1. The molecule has 0 fully saturated rings. The number of rotatable bonds is 5. The van der Waals surface area contributed by atoms with E-state index in [9.17, 15) is 4.79 Å². The number of amides is 1. The number of fused-ring (bicyclic) bond motifs is 3. The third kappa shape index (κ3) is 3.56. The Labute approximate surface area is 199 Å². The van der Waals surface area contributed by atoms with Gasteiger partial charge in [0.2, 0.25) is 0 Å². The Bertz CT molecular complexity index is 1500. The second kappa shape index (κ2) is 8.14. The van der Waals surface area contributed by atoms with E-state index in [-0.39, 0.29) is 11.9 Å². The summed E-state index contributed by atoms with van der Waals surface area (Å²) in [6, 6.07) is 7.60. The highest BCUT2D eigenvalue weighted by molar-refractivity contribution is 7.15. The Hall–Kier alpha value is -3.92. The number of hydrogen-bond donors (Lipinski definition) is 1. The van der Waals surface area contributed by atoms with Crippen molar-refractivity contribution in [3.63, 3.8) is 0 Å². The summed E-state index contributed by atoms with van der Waals surface area (Å²) in [4.78, 5) is 23.6. The van der Waals surface area contributed by atoms with Crippen LogP contribution in [0.15, 0.2) is 48.2 Å². The van der Waals surface area contributed by atoms with E-state index in [1.807, 2.05) is 58.9 Å². The first-order chi connectivity index (χ1) is 16.6. The number of aromatic nitrogens is 5. The summed E-state index contributed by atoms with van der Waals surface area (Å²) in [5.41, 5.74) is 3.49. The molecule has 5 aromatic rings. The van der Waals surface area contributed by atoms with Crippen LogP contribution in [0.2, 0.25) is 0 Å². The monoisotopic (exact) mass is 474 g/mol. The van der Waals surface area contributed by atoms with Gasteiger partial charge in [-0.1, -0.05) is 0 Å². The van der Waals surface area contributed by atoms with Gasteiger partial charge in [-0.3, -0.25) is 9.20 Å². The second-order valence-electron chi connectivity index (χ2n) is 8.34. The van der Waals surface area contributed by atoms with E-state index in [0.29, 0.717) is 53.5 Å². The highest BCUT2D eigenvalue weighted by Gasteiger charge is 2.20. The molecule has 0 spiro atoms. The van der Waals surface area contributed by atoms with Crippen molar-refractivity contribution in [1.82, 2.24) is 29.5 Å². The first-order valence-electron chi connectivity index (χ1n) is 11.0. The molecule has 0 saturated carbocycles. The summed E-state index contributed by atoms with van der Waals surface area (Å²) < 4.78 is 15.2. The molecule has 0 bridgehead atoms. The molecule has 34 heavy (non-hydrogen) atoms. The number of carbonyl (C=O) groups excluding carboxylic acids is 1. The largest absolute Gasteiger partial charge is 0.486 e. The van der Waals surface area contributed by atoms with Crippen molar-refractivity contribution >= 4 is 33.2 Å². The summed E-state index contributed by atoms with van der Waals surface area (Å²) in [7, 11) is 0. The summed E-state index contributed by atoms with van der Waals surface area (Å²) in [6.45, 7) is 5.43. The third-order valence-corrected chi connectivity index (χ3v) is 6.48. The molecule has 0 saturated heterocycles. The van der Waals surface area contributed by atoms with Crippen LogP contribution in [-0.2, 0) is 6.54 Å². The lowest BCUT2D eigenvalue weighted by atomic mass is 10.1. The molecule has 0 radical (unpaired) electrons. The maximum absolute atomic E-state index is 13.3. The van der Waals surface area contributed by atoms with Gasteiger partial charge in [-0.25, -0.2) is 14.6 Å². The Morgan fingerprint density at radius 2 is 2.03 bits per heavy atom. The Morgan fingerprint density at radius 3 is 2.85 bits per heavy atom. The van der Waals surface area contributed by atoms with Gasteiger partial charge in [-0.15, -0.1) is 11.3 Å². The number of ether oxygens (including phenoxy) is 2. The van der Waals surface area contributed by atoms with E-state index in [1.54, 1.807) is 23.6 Å². The molecule has 0 atom stereocenters. The molecule has 1 amide bonds. The van der Waals surface area contributed by atoms with Crippen molar-refractivity contribution in [2.45, 2.75) is 26.4 Å². The van der Waals surface area contributed by atoms with Crippen molar-refractivity contribution in [3.8, 4) is 22.8 Å². The minimum Gasteiger partial charge on any atom is -0.486 e. The van der Waals surface area contributed by atoms with Gasteiger partial charge in [0.1, 0.15) is 13.2 Å². The lowest BCUT2D eigenvalue weighted by Crippen LogP contribution is -2.23. The van der Waals surface area contributed by atoms with Crippen molar-refractivity contribution in [2.75, 3.05) is 13.2 Å². The molecule has 1 N–H and O–H groups in total. The summed E-state index contributed by atoms with van der Waals surface area (Å²) >= 11 is 1.56. The fourth-order valence-electron chi connectivity index (χ4n) is 4.06. The van der Waals surface area contributed by atoms with Crippen LogP contribution in [0.5, 0.6) is 11.5 Å². The minimum atomic E-state index is -0.203. The van der Waals surface area contributed by atoms with Crippen molar-refractivity contribution in [3.05, 3.63) is 59.5 Å². The fraction of sp³-hybridized carbons (Fsp3) is 0.250. The number of nitrogens with one attached hydrogen (secondary N) is 1. The fourth-order valence-corrected chi connectivity index (χ4v) is 4.78. The molecule has 10 heteroatoms. The minimum absolute atomic E-state index is 0.0925. The molecule has 0 aliphatic carbocycles. The van der Waals surface area contributed by atoms with Gasteiger partial charge in [0.05, 0.1) is 35.1 Å². The van der Waals surface area contributed by atoms with Crippen molar-refractivity contribution in [1.29, 1.82) is 0 Å². The number of nitrogens with zero attached hydrogens (tertiary/aromatic N) is 5. The summed E-state index contributed by atoms with van der Waals surface area (Å²) in [5.74, 6) is 1.18. The maximum atomic E-state index is 13.3. The molecule has 6 rings (SSSR count). The first kappa shape index (κ1) is 20.7. The van der Waals surface area contributed by atoms with Crippen LogP contribution in [-0.4, -0.2) is 43.3 Å². The zero-order valence-corrected chi connectivity index (χ0v) is 19.5. The van der Waals surface area contributed by atoms with Gasteiger partial charge < -0.3 is 14.8 Å². The van der Waals surface area contributed by atoms with Gasteiger partial charge in [-0.05, 0) is 38.1 Å². The van der Waals surface area contributed by atoms with E-state index < -0.39 is 0 Å². The van der Waals surface area contributed by atoms with Crippen LogP contribution in [0.4, 0.5) is 0 Å². The molecule has 9 nitrogen and oxygen atoms in total. The zero-order chi connectivity index (χ0) is 23.2. The van der Waals surface area contributed by atoms with E-state index in [1.165, 1.54) is 0 Å². The lowest BCUT2D eigenvalue weighted by Gasteiger charge is -2.19. The van der Waals surface area contributed by atoms with E-state index in [4.69, 9.17) is 14.5 Å². The standard InChI is InChI=1S/C24H22N6O3S/c1-14(2)30-22-18(12-26-30)17(23(31)25-11-16-13-29-5-8-34-24(29)27-16)10-19(28-22)15-3-4-20-21(9-15)33-7-6-32-20/h3-5,8-10,12-14H,6-7,11H2,1-2H3,(H,25,31). The van der Waals surface area contributed by atoms with Crippen LogP contribution < -0.4 is 14.8 Å². The normalized spacial score (nSPS) is 13.1. The highest BCUT2D eigenvalue weighted by Crippen LogP contribution is 2.35. The summed E-state index contributed by atoms with van der Waals surface area (Å²) in [5, 5.41) is 10.2. The number of imidazole rings is 1. The van der Waals surface area contributed by atoms with Crippen LogP contribution in [0.1, 0.15) is 35.9 Å². The molecule has 5 heterocycles. The number of pyridine rings is 1. The van der Waals surface area contributed by atoms with Crippen LogP contribution in [0.25, 0.3) is 27.3 Å². The Morgan fingerprint density at radius 1 is 1.18 bits per heavy atom. The number of carbonyl (C=O) groups is 1. The predicted molar refractivity (Wildman–Crippen MR) is 129 cm³/mol. The van der Waals surface area contributed by atoms with Crippen molar-refractivity contribution < 1.29 is 14.3 Å². The average molecular weight is 475 g/mol. The number of hydrogen-bond acceptors (Lipinski definition) is 7. The molecule has 172 valence electrons. The summed E-state index contributed by atoms with van der Waals surface area (Å²) in [6.07, 6.45) is 5.58. The maximum Gasteiger partial charge on any atom is 0.252 e. The van der Waals surface area contributed by atoms with Crippen LogP contribution in [0.3, 0.4) is 0 Å². The average Bonchev–Trinajstić information content (AvgIpc) is 3.56. The lowest BCUT2D eigenvalue weighted by molar-refractivity contribution is 0.0952. The first-order valence-corrected chi connectivity index (χ1v) is 11.9. The van der Waals surface area contributed by atoms with Gasteiger partial charge in [0.25, 0.3) is 5.91 Å².